The van der Waals surface area contributed by atoms with Crippen LogP contribution in [0.2, 0.25) is 0 Å². The molecule has 1 saturated heterocycles. The Morgan fingerprint density at radius 2 is 1.66 bits per heavy atom. The minimum Gasteiger partial charge on any atom is -0.444 e. The van der Waals surface area contributed by atoms with E-state index < -0.39 is 12.1 Å². The van der Waals surface area contributed by atoms with Gasteiger partial charge in [0.1, 0.15) is 12.6 Å². The van der Waals surface area contributed by atoms with Crippen LogP contribution in [0, 0.1) is 0 Å². The van der Waals surface area contributed by atoms with Crippen molar-refractivity contribution in [1.29, 1.82) is 0 Å². The summed E-state index contributed by atoms with van der Waals surface area (Å²) in [5.74, 6) is 0.0453. The quantitative estimate of drug-likeness (QED) is 0.128. The molecule has 2 N–H and O–H groups in total. The molecule has 4 amide bonds. The Hall–Kier alpha value is -4.37. The summed E-state index contributed by atoms with van der Waals surface area (Å²) in [6, 6.07) is 18.3. The highest BCUT2D eigenvalue weighted by Gasteiger charge is 2.27. The number of carbonyl (C=O) groups is 3. The molecule has 5 rings (SSSR count). The SMILES string of the molecule is CC(C)c1nc(CN(C)C(=O)N[C@H](CCN2CCOCC2)C(=O)N[C@@H](CCN(Cc2ccccc2)C(=O)OCc2cncs2)Cc2ccccc2)cs1. The maximum Gasteiger partial charge on any atom is 0.410 e. The van der Waals surface area contributed by atoms with E-state index in [9.17, 15) is 14.4 Å². The Kier molecular flexibility index (Phi) is 15.6. The number of benzene rings is 2. The number of aromatic nitrogens is 2. The Labute approximate surface area is 320 Å². The van der Waals surface area contributed by atoms with Gasteiger partial charge in [0.2, 0.25) is 5.91 Å². The van der Waals surface area contributed by atoms with Crippen molar-refractivity contribution >= 4 is 40.7 Å². The molecule has 0 spiro atoms. The van der Waals surface area contributed by atoms with Crippen molar-refractivity contribution in [2.75, 3.05) is 46.4 Å². The van der Waals surface area contributed by atoms with Gasteiger partial charge in [0.25, 0.3) is 0 Å². The van der Waals surface area contributed by atoms with Crippen LogP contribution in [-0.4, -0.2) is 101 Å². The number of morpholine rings is 1. The maximum atomic E-state index is 14.2. The molecule has 0 bridgehead atoms. The molecule has 1 aliphatic rings. The van der Waals surface area contributed by atoms with E-state index in [0.29, 0.717) is 64.6 Å². The first-order chi connectivity index (χ1) is 25.7. The van der Waals surface area contributed by atoms with Gasteiger partial charge in [-0.3, -0.25) is 14.7 Å². The molecule has 2 aromatic carbocycles. The average Bonchev–Trinajstić information content (AvgIpc) is 3.88. The molecule has 1 fully saturated rings. The maximum absolute atomic E-state index is 14.2. The van der Waals surface area contributed by atoms with E-state index in [1.165, 1.54) is 11.3 Å². The average molecular weight is 762 g/mol. The van der Waals surface area contributed by atoms with Crippen LogP contribution < -0.4 is 10.6 Å². The number of nitrogens with zero attached hydrogens (tertiary/aromatic N) is 5. The summed E-state index contributed by atoms with van der Waals surface area (Å²) >= 11 is 3.02. The first-order valence-corrected chi connectivity index (χ1v) is 19.9. The number of nitrogens with one attached hydrogen (secondary N) is 2. The van der Waals surface area contributed by atoms with Crippen molar-refractivity contribution in [2.45, 2.75) is 70.8 Å². The molecule has 0 aliphatic carbocycles. The summed E-state index contributed by atoms with van der Waals surface area (Å²) in [4.78, 5) is 56.3. The van der Waals surface area contributed by atoms with Crippen LogP contribution in [0.1, 0.15) is 59.3 Å². The molecule has 3 heterocycles. The van der Waals surface area contributed by atoms with Gasteiger partial charge in [-0.2, -0.15) is 0 Å². The van der Waals surface area contributed by atoms with Gasteiger partial charge in [-0.25, -0.2) is 14.6 Å². The van der Waals surface area contributed by atoms with E-state index in [0.717, 1.165) is 39.8 Å². The van der Waals surface area contributed by atoms with Gasteiger partial charge in [-0.05, 0) is 30.4 Å². The third kappa shape index (κ3) is 13.2. The number of urea groups is 1. The zero-order valence-electron chi connectivity index (χ0n) is 30.8. The van der Waals surface area contributed by atoms with Gasteiger partial charge < -0.3 is 29.9 Å². The highest BCUT2D eigenvalue weighted by atomic mass is 32.1. The van der Waals surface area contributed by atoms with Gasteiger partial charge in [0, 0.05) is 63.3 Å². The Morgan fingerprint density at radius 1 is 0.943 bits per heavy atom. The van der Waals surface area contributed by atoms with Crippen LogP contribution in [0.3, 0.4) is 0 Å². The van der Waals surface area contributed by atoms with Crippen molar-refractivity contribution < 1.29 is 23.9 Å². The fraction of sp³-hybridized carbons (Fsp3) is 0.462. The smallest absolute Gasteiger partial charge is 0.410 e. The second-order valence-corrected chi connectivity index (χ2v) is 15.4. The molecule has 4 aromatic rings. The molecular weight excluding hydrogens is 711 g/mol. The lowest BCUT2D eigenvalue weighted by molar-refractivity contribution is -0.124. The second kappa shape index (κ2) is 20.8. The first-order valence-electron chi connectivity index (χ1n) is 18.2. The lowest BCUT2D eigenvalue weighted by Gasteiger charge is -2.30. The predicted molar refractivity (Wildman–Crippen MR) is 208 cm³/mol. The minimum absolute atomic E-state index is 0.138. The summed E-state index contributed by atoms with van der Waals surface area (Å²) in [6.45, 7) is 8.83. The number of thiazole rings is 2. The zero-order valence-corrected chi connectivity index (χ0v) is 32.4. The molecule has 0 unspecified atom stereocenters. The highest BCUT2D eigenvalue weighted by Crippen LogP contribution is 2.20. The third-order valence-corrected chi connectivity index (χ3v) is 10.9. The summed E-state index contributed by atoms with van der Waals surface area (Å²) in [6.07, 6.45) is 2.70. The molecule has 53 heavy (non-hydrogen) atoms. The van der Waals surface area contributed by atoms with E-state index in [4.69, 9.17) is 9.47 Å². The number of amides is 4. The number of ether oxygens (including phenoxy) is 2. The molecule has 0 radical (unpaired) electrons. The number of carbonyl (C=O) groups excluding carboxylic acids is 3. The van der Waals surface area contributed by atoms with Crippen LogP contribution in [0.5, 0.6) is 0 Å². The van der Waals surface area contributed by atoms with Gasteiger partial charge in [-0.1, -0.05) is 74.5 Å². The first kappa shape index (κ1) is 39.8. The van der Waals surface area contributed by atoms with Crippen LogP contribution >= 0.6 is 22.7 Å². The predicted octanol–water partition coefficient (Wildman–Crippen LogP) is 5.91. The molecular formula is C39H51N7O5S2. The number of hydrogen-bond acceptors (Lipinski definition) is 10. The molecule has 1 aliphatic heterocycles. The van der Waals surface area contributed by atoms with Gasteiger partial charge in [-0.15, -0.1) is 22.7 Å². The Morgan fingerprint density at radius 3 is 2.32 bits per heavy atom. The van der Waals surface area contributed by atoms with Crippen LogP contribution in [0.15, 0.2) is 77.8 Å². The van der Waals surface area contributed by atoms with Crippen LogP contribution in [0.4, 0.5) is 9.59 Å². The zero-order chi connectivity index (χ0) is 37.4. The Bertz CT molecular complexity index is 1680. The van der Waals surface area contributed by atoms with E-state index in [1.807, 2.05) is 66.0 Å². The lowest BCUT2D eigenvalue weighted by atomic mass is 10.0. The van der Waals surface area contributed by atoms with Crippen molar-refractivity contribution in [1.82, 2.24) is 35.3 Å². The van der Waals surface area contributed by atoms with E-state index in [-0.39, 0.29) is 24.6 Å². The fourth-order valence-electron chi connectivity index (χ4n) is 5.95. The molecule has 0 saturated carbocycles. The van der Waals surface area contributed by atoms with Gasteiger partial charge in [0.15, 0.2) is 0 Å². The van der Waals surface area contributed by atoms with Crippen LogP contribution in [-0.2, 0) is 40.4 Å². The van der Waals surface area contributed by atoms with Crippen molar-refractivity contribution in [3.63, 3.8) is 0 Å². The van der Waals surface area contributed by atoms with E-state index >= 15 is 0 Å². The van der Waals surface area contributed by atoms with Crippen molar-refractivity contribution in [3.8, 4) is 0 Å². The fourth-order valence-corrected chi connectivity index (χ4v) is 7.29. The number of hydrogen-bond donors (Lipinski definition) is 2. The topological polar surface area (TPSA) is 129 Å². The summed E-state index contributed by atoms with van der Waals surface area (Å²) < 4.78 is 11.2. The minimum atomic E-state index is -0.780. The number of rotatable bonds is 18. The standard InChI is InChI=1S/C39H51N7O5S2/c1-29(2)37-42-33(27-52-37)25-44(3)38(48)43-35(15-16-45-18-20-50-21-19-45)36(47)41-32(22-30-10-6-4-7-11-30)14-17-46(24-31-12-8-5-9-13-31)39(49)51-26-34-23-40-28-53-34/h4-13,23,27-29,32,35H,14-22,24-26H2,1-3H3,(H,41,47)(H,43,48)/t32-,35+/m0/s1. The summed E-state index contributed by atoms with van der Waals surface area (Å²) in [5.41, 5.74) is 4.55. The van der Waals surface area contributed by atoms with Crippen LogP contribution in [0.25, 0.3) is 0 Å². The van der Waals surface area contributed by atoms with E-state index in [1.54, 1.807) is 39.9 Å². The highest BCUT2D eigenvalue weighted by molar-refractivity contribution is 7.09. The molecule has 14 heteroatoms. The van der Waals surface area contributed by atoms with Gasteiger partial charge in [0.05, 0.1) is 40.8 Å². The molecule has 12 nitrogen and oxygen atoms in total. The second-order valence-electron chi connectivity index (χ2n) is 13.5. The summed E-state index contributed by atoms with van der Waals surface area (Å²) in [5, 5.41) is 9.29. The normalized spacial score (nSPS) is 14.3. The Balaban J connectivity index is 1.29. The molecule has 2 aromatic heterocycles. The van der Waals surface area contributed by atoms with Crippen molar-refractivity contribution in [2.24, 2.45) is 0 Å². The van der Waals surface area contributed by atoms with E-state index in [2.05, 4.69) is 39.3 Å². The summed E-state index contributed by atoms with van der Waals surface area (Å²) in [7, 11) is 1.72. The molecule has 2 atom stereocenters. The van der Waals surface area contributed by atoms with Crippen molar-refractivity contribution in [3.05, 3.63) is 104 Å². The lowest BCUT2D eigenvalue weighted by Crippen LogP contribution is -2.54. The molecule has 284 valence electrons. The van der Waals surface area contributed by atoms with Gasteiger partial charge >= 0.3 is 12.1 Å². The largest absolute Gasteiger partial charge is 0.444 e. The third-order valence-electron chi connectivity index (χ3n) is 8.98. The monoisotopic (exact) mass is 761 g/mol.